The van der Waals surface area contributed by atoms with Gasteiger partial charge in [0.05, 0.1) is 24.1 Å². The van der Waals surface area contributed by atoms with Crippen molar-refractivity contribution in [2.24, 2.45) is 0 Å². The van der Waals surface area contributed by atoms with Crippen LogP contribution in [-0.2, 0) is 13.1 Å². The maximum Gasteiger partial charge on any atom is 0.275 e. The minimum absolute atomic E-state index is 0.182. The molecule has 0 saturated carbocycles. The molecule has 0 radical (unpaired) electrons. The van der Waals surface area contributed by atoms with E-state index in [-0.39, 0.29) is 5.56 Å². The maximum absolute atomic E-state index is 11.8. The molecule has 1 N–H and O–H groups in total. The molecule has 0 unspecified atom stereocenters. The van der Waals surface area contributed by atoms with Gasteiger partial charge in [0.2, 0.25) is 4.96 Å². The SMILES string of the molecule is CC(C)NCc1cn(Cc2cc(=O)n3ncsc3n2)nn1. The van der Waals surface area contributed by atoms with Gasteiger partial charge >= 0.3 is 0 Å². The fraction of sp³-hybridized carbons (Fsp3) is 0.417. The Hall–Kier alpha value is -2.13. The predicted molar refractivity (Wildman–Crippen MR) is 78.2 cm³/mol. The van der Waals surface area contributed by atoms with Crippen molar-refractivity contribution in [3.63, 3.8) is 0 Å². The van der Waals surface area contributed by atoms with Crippen LogP contribution in [0.3, 0.4) is 0 Å². The maximum atomic E-state index is 11.8. The predicted octanol–water partition coefficient (Wildman–Crippen LogP) is 0.289. The van der Waals surface area contributed by atoms with Crippen molar-refractivity contribution < 1.29 is 0 Å². The minimum Gasteiger partial charge on any atom is -0.309 e. The van der Waals surface area contributed by atoms with Gasteiger partial charge in [-0.15, -0.1) is 5.10 Å². The molecule has 0 bridgehead atoms. The van der Waals surface area contributed by atoms with Gasteiger partial charge in [0, 0.05) is 18.7 Å². The molecule has 9 heteroatoms. The van der Waals surface area contributed by atoms with E-state index >= 15 is 0 Å². The van der Waals surface area contributed by atoms with Crippen LogP contribution in [0.5, 0.6) is 0 Å². The smallest absolute Gasteiger partial charge is 0.275 e. The lowest BCUT2D eigenvalue weighted by Gasteiger charge is -2.04. The van der Waals surface area contributed by atoms with Gasteiger partial charge in [-0.25, -0.2) is 9.67 Å². The van der Waals surface area contributed by atoms with E-state index in [1.165, 1.54) is 21.9 Å². The van der Waals surface area contributed by atoms with Crippen LogP contribution in [0.25, 0.3) is 4.96 Å². The first-order valence-electron chi connectivity index (χ1n) is 6.56. The van der Waals surface area contributed by atoms with E-state index in [2.05, 4.69) is 39.6 Å². The lowest BCUT2D eigenvalue weighted by atomic mass is 10.3. The summed E-state index contributed by atoms with van der Waals surface area (Å²) in [6.45, 7) is 5.23. The van der Waals surface area contributed by atoms with Gasteiger partial charge in [-0.1, -0.05) is 30.4 Å². The van der Waals surface area contributed by atoms with Crippen LogP contribution in [0.1, 0.15) is 25.2 Å². The molecule has 3 aromatic heterocycles. The molecule has 0 aliphatic carbocycles. The number of nitrogens with zero attached hydrogens (tertiary/aromatic N) is 6. The lowest BCUT2D eigenvalue weighted by molar-refractivity contribution is 0.580. The second kappa shape index (κ2) is 5.70. The lowest BCUT2D eigenvalue weighted by Crippen LogP contribution is -2.21. The molecule has 3 rings (SSSR count). The van der Waals surface area contributed by atoms with Crippen molar-refractivity contribution in [1.29, 1.82) is 0 Å². The van der Waals surface area contributed by atoms with Crippen molar-refractivity contribution in [3.05, 3.63) is 39.5 Å². The second-order valence-corrected chi connectivity index (χ2v) is 5.77. The standard InChI is InChI=1S/C12H15N7OS/c1-8(2)13-4-10-6-18(17-16-10)5-9-3-11(20)19-12(15-9)21-7-14-19/h3,6-8,13H,4-5H2,1-2H3. The van der Waals surface area contributed by atoms with Gasteiger partial charge in [0.15, 0.2) is 0 Å². The highest BCUT2D eigenvalue weighted by molar-refractivity contribution is 7.14. The Bertz CT molecular complexity index is 803. The van der Waals surface area contributed by atoms with E-state index < -0.39 is 0 Å². The summed E-state index contributed by atoms with van der Waals surface area (Å²) >= 11 is 1.33. The van der Waals surface area contributed by atoms with Crippen molar-refractivity contribution in [2.45, 2.75) is 33.0 Å². The van der Waals surface area contributed by atoms with E-state index in [1.807, 2.05) is 6.20 Å². The number of rotatable bonds is 5. The Labute approximate surface area is 124 Å². The second-order valence-electron chi connectivity index (χ2n) is 4.96. The van der Waals surface area contributed by atoms with E-state index in [4.69, 9.17) is 0 Å². The average Bonchev–Trinajstić information content (AvgIpc) is 3.05. The fourth-order valence-electron chi connectivity index (χ4n) is 1.85. The van der Waals surface area contributed by atoms with Crippen molar-refractivity contribution in [2.75, 3.05) is 0 Å². The van der Waals surface area contributed by atoms with Crippen molar-refractivity contribution in [1.82, 2.24) is 34.9 Å². The zero-order valence-electron chi connectivity index (χ0n) is 11.7. The summed E-state index contributed by atoms with van der Waals surface area (Å²) in [5.41, 5.74) is 2.92. The van der Waals surface area contributed by atoms with E-state index in [1.54, 1.807) is 10.2 Å². The number of hydrogen-bond donors (Lipinski definition) is 1. The summed E-state index contributed by atoms with van der Waals surface area (Å²) in [6, 6.07) is 1.87. The van der Waals surface area contributed by atoms with Gasteiger partial charge in [0.1, 0.15) is 5.51 Å². The zero-order chi connectivity index (χ0) is 14.8. The average molecular weight is 305 g/mol. The van der Waals surface area contributed by atoms with Crippen molar-refractivity contribution >= 4 is 16.3 Å². The third-order valence-electron chi connectivity index (χ3n) is 2.84. The first kappa shape index (κ1) is 13.8. The zero-order valence-corrected chi connectivity index (χ0v) is 12.5. The van der Waals surface area contributed by atoms with Gasteiger partial charge in [-0.05, 0) is 0 Å². The molecule has 110 valence electrons. The molecule has 3 aromatic rings. The molecule has 0 aliphatic rings. The molecule has 0 spiro atoms. The van der Waals surface area contributed by atoms with Gasteiger partial charge in [-0.3, -0.25) is 4.79 Å². The van der Waals surface area contributed by atoms with Crippen LogP contribution < -0.4 is 10.9 Å². The Balaban J connectivity index is 1.77. The molecule has 0 aliphatic heterocycles. The van der Waals surface area contributed by atoms with Crippen LogP contribution in [-0.4, -0.2) is 35.6 Å². The Morgan fingerprint density at radius 2 is 2.24 bits per heavy atom. The molecule has 8 nitrogen and oxygen atoms in total. The van der Waals surface area contributed by atoms with Crippen LogP contribution in [0.4, 0.5) is 0 Å². The highest BCUT2D eigenvalue weighted by Crippen LogP contribution is 2.05. The molecule has 0 fully saturated rings. The summed E-state index contributed by atoms with van der Waals surface area (Å²) < 4.78 is 2.96. The van der Waals surface area contributed by atoms with Gasteiger partial charge in [0.25, 0.3) is 5.56 Å². The quantitative estimate of drug-likeness (QED) is 0.728. The highest BCUT2D eigenvalue weighted by atomic mass is 32.1. The molecular weight excluding hydrogens is 290 g/mol. The highest BCUT2D eigenvalue weighted by Gasteiger charge is 2.07. The summed E-state index contributed by atoms with van der Waals surface area (Å²) in [7, 11) is 0. The van der Waals surface area contributed by atoms with Crippen LogP contribution in [0.2, 0.25) is 0 Å². The summed E-state index contributed by atoms with van der Waals surface area (Å²) in [4.78, 5) is 16.8. The Morgan fingerprint density at radius 1 is 1.38 bits per heavy atom. The molecule has 21 heavy (non-hydrogen) atoms. The first-order chi connectivity index (χ1) is 10.1. The number of aromatic nitrogens is 6. The fourth-order valence-corrected chi connectivity index (χ4v) is 2.50. The first-order valence-corrected chi connectivity index (χ1v) is 7.44. The molecule has 0 atom stereocenters. The monoisotopic (exact) mass is 305 g/mol. The number of nitrogens with one attached hydrogen (secondary N) is 1. The summed E-state index contributed by atoms with van der Waals surface area (Å²) in [5, 5.41) is 15.3. The third kappa shape index (κ3) is 3.14. The Morgan fingerprint density at radius 3 is 3.05 bits per heavy atom. The van der Waals surface area contributed by atoms with E-state index in [0.717, 1.165) is 5.69 Å². The van der Waals surface area contributed by atoms with Crippen LogP contribution in [0, 0.1) is 0 Å². The topological polar surface area (TPSA) is 90.0 Å². The molecule has 0 aromatic carbocycles. The van der Waals surface area contributed by atoms with Gasteiger partial charge < -0.3 is 5.32 Å². The normalized spacial score (nSPS) is 11.6. The Kier molecular flexibility index (Phi) is 3.76. The van der Waals surface area contributed by atoms with Crippen LogP contribution >= 0.6 is 11.3 Å². The van der Waals surface area contributed by atoms with Crippen LogP contribution in [0.15, 0.2) is 22.6 Å². The van der Waals surface area contributed by atoms with E-state index in [0.29, 0.717) is 29.8 Å². The largest absolute Gasteiger partial charge is 0.309 e. The summed E-state index contributed by atoms with van der Waals surface area (Å²) in [5.74, 6) is 0. The van der Waals surface area contributed by atoms with Gasteiger partial charge in [-0.2, -0.15) is 9.61 Å². The minimum atomic E-state index is -0.182. The molecular formula is C12H15N7OS. The third-order valence-corrected chi connectivity index (χ3v) is 3.52. The van der Waals surface area contributed by atoms with Crippen molar-refractivity contribution in [3.8, 4) is 0 Å². The summed E-state index contributed by atoms with van der Waals surface area (Å²) in [6.07, 6.45) is 1.85. The van der Waals surface area contributed by atoms with E-state index in [9.17, 15) is 4.79 Å². The number of hydrogen-bond acceptors (Lipinski definition) is 7. The number of fused-ring (bicyclic) bond motifs is 1. The molecule has 0 saturated heterocycles. The molecule has 3 heterocycles. The molecule has 0 amide bonds.